The van der Waals surface area contributed by atoms with Crippen LogP contribution in [0.25, 0.3) is 0 Å². The number of hydrogen-bond donors (Lipinski definition) is 0. The van der Waals surface area contributed by atoms with Crippen LogP contribution in [0, 0.1) is 0 Å². The second-order valence-corrected chi connectivity index (χ2v) is 6.97. The van der Waals surface area contributed by atoms with Crippen molar-refractivity contribution in [1.29, 1.82) is 0 Å². The molecule has 0 saturated carbocycles. The van der Waals surface area contributed by atoms with Crippen LogP contribution in [-0.2, 0) is 14.8 Å². The van der Waals surface area contributed by atoms with Crippen molar-refractivity contribution in [2.75, 3.05) is 26.8 Å². The SMILES string of the molecule is COc1ccc(S(=O)(=O)N2CCO[C@H](c3cnccn3)C2)cc1. The summed E-state index contributed by atoms with van der Waals surface area (Å²) in [5, 5.41) is 0. The van der Waals surface area contributed by atoms with Gasteiger partial charge < -0.3 is 9.47 Å². The topological polar surface area (TPSA) is 81.6 Å². The van der Waals surface area contributed by atoms with Gasteiger partial charge in [0.1, 0.15) is 11.9 Å². The molecule has 3 rings (SSSR count). The van der Waals surface area contributed by atoms with Crippen LogP contribution in [0.15, 0.2) is 47.8 Å². The van der Waals surface area contributed by atoms with E-state index in [0.29, 0.717) is 24.6 Å². The molecular weight excluding hydrogens is 318 g/mol. The number of hydrogen-bond acceptors (Lipinski definition) is 6. The quantitative estimate of drug-likeness (QED) is 0.836. The molecule has 0 bridgehead atoms. The molecule has 1 aliphatic heterocycles. The maximum Gasteiger partial charge on any atom is 0.243 e. The third-order valence-corrected chi connectivity index (χ3v) is 5.52. The van der Waals surface area contributed by atoms with Crippen LogP contribution in [0.4, 0.5) is 0 Å². The number of benzene rings is 1. The second-order valence-electron chi connectivity index (χ2n) is 5.03. The maximum atomic E-state index is 12.8. The van der Waals surface area contributed by atoms with Crippen molar-refractivity contribution in [3.05, 3.63) is 48.5 Å². The fourth-order valence-electron chi connectivity index (χ4n) is 2.40. The van der Waals surface area contributed by atoms with Crippen molar-refractivity contribution in [2.45, 2.75) is 11.0 Å². The Morgan fingerprint density at radius 2 is 2.04 bits per heavy atom. The zero-order chi connectivity index (χ0) is 16.3. The third-order valence-electron chi connectivity index (χ3n) is 3.64. The van der Waals surface area contributed by atoms with E-state index < -0.39 is 16.1 Å². The standard InChI is InChI=1S/C15H17N3O4S/c1-21-12-2-4-13(5-3-12)23(19,20)18-8-9-22-15(11-18)14-10-16-6-7-17-14/h2-7,10,15H,8-9,11H2,1H3/t15-/m0/s1. The van der Waals surface area contributed by atoms with E-state index in [4.69, 9.17) is 9.47 Å². The van der Waals surface area contributed by atoms with Gasteiger partial charge in [0.05, 0.1) is 30.5 Å². The van der Waals surface area contributed by atoms with Crippen LogP contribution in [0.1, 0.15) is 11.8 Å². The van der Waals surface area contributed by atoms with Crippen LogP contribution in [-0.4, -0.2) is 49.5 Å². The first-order chi connectivity index (χ1) is 11.1. The lowest BCUT2D eigenvalue weighted by molar-refractivity contribution is -0.00514. The summed E-state index contributed by atoms with van der Waals surface area (Å²) < 4.78 is 37.6. The Hall–Kier alpha value is -2.03. The lowest BCUT2D eigenvalue weighted by atomic mass is 10.2. The highest BCUT2D eigenvalue weighted by molar-refractivity contribution is 7.89. The van der Waals surface area contributed by atoms with E-state index in [2.05, 4.69) is 9.97 Å². The predicted molar refractivity (Wildman–Crippen MR) is 82.5 cm³/mol. The summed E-state index contributed by atoms with van der Waals surface area (Å²) in [6.45, 7) is 0.842. The van der Waals surface area contributed by atoms with Crippen molar-refractivity contribution in [3.8, 4) is 5.75 Å². The summed E-state index contributed by atoms with van der Waals surface area (Å²) in [6.07, 6.45) is 4.31. The van der Waals surface area contributed by atoms with Crippen LogP contribution in [0.5, 0.6) is 5.75 Å². The monoisotopic (exact) mass is 335 g/mol. The van der Waals surface area contributed by atoms with Gasteiger partial charge in [-0.1, -0.05) is 0 Å². The first-order valence-corrected chi connectivity index (χ1v) is 8.57. The molecule has 1 fully saturated rings. The van der Waals surface area contributed by atoms with Gasteiger partial charge in [-0.2, -0.15) is 4.31 Å². The molecule has 1 aliphatic rings. The molecular formula is C15H17N3O4S. The molecule has 0 unspecified atom stereocenters. The largest absolute Gasteiger partial charge is 0.497 e. The van der Waals surface area contributed by atoms with Gasteiger partial charge in [-0.3, -0.25) is 9.97 Å². The van der Waals surface area contributed by atoms with Gasteiger partial charge in [0.25, 0.3) is 0 Å². The average molecular weight is 335 g/mol. The van der Waals surface area contributed by atoms with Gasteiger partial charge in [-0.05, 0) is 24.3 Å². The Labute approximate surface area is 134 Å². The van der Waals surface area contributed by atoms with Crippen LogP contribution >= 0.6 is 0 Å². The molecule has 1 atom stereocenters. The number of morpholine rings is 1. The first-order valence-electron chi connectivity index (χ1n) is 7.13. The van der Waals surface area contributed by atoms with E-state index in [0.717, 1.165) is 0 Å². The minimum absolute atomic E-state index is 0.215. The summed E-state index contributed by atoms with van der Waals surface area (Å²) in [5.74, 6) is 0.614. The summed E-state index contributed by atoms with van der Waals surface area (Å²) in [6, 6.07) is 6.35. The predicted octanol–water partition coefficient (Wildman–Crippen LogP) is 1.25. The zero-order valence-corrected chi connectivity index (χ0v) is 13.4. The molecule has 23 heavy (non-hydrogen) atoms. The minimum Gasteiger partial charge on any atom is -0.497 e. The molecule has 0 amide bonds. The lowest BCUT2D eigenvalue weighted by Gasteiger charge is -2.31. The van der Waals surface area contributed by atoms with E-state index in [1.165, 1.54) is 11.4 Å². The molecule has 2 heterocycles. The van der Waals surface area contributed by atoms with Crippen molar-refractivity contribution >= 4 is 10.0 Å². The van der Waals surface area contributed by atoms with Crippen molar-refractivity contribution in [2.24, 2.45) is 0 Å². The molecule has 8 heteroatoms. The molecule has 122 valence electrons. The molecule has 0 N–H and O–H groups in total. The number of sulfonamides is 1. The van der Waals surface area contributed by atoms with Crippen LogP contribution in [0.2, 0.25) is 0 Å². The zero-order valence-electron chi connectivity index (χ0n) is 12.6. The fourth-order valence-corrected chi connectivity index (χ4v) is 3.82. The Morgan fingerprint density at radius 1 is 1.26 bits per heavy atom. The molecule has 2 aromatic rings. The molecule has 0 radical (unpaired) electrons. The summed E-state index contributed by atoms with van der Waals surface area (Å²) in [5.41, 5.74) is 0.627. The summed E-state index contributed by atoms with van der Waals surface area (Å²) in [4.78, 5) is 8.42. The number of ether oxygens (including phenoxy) is 2. The second kappa shape index (κ2) is 6.61. The number of nitrogens with zero attached hydrogens (tertiary/aromatic N) is 3. The van der Waals surface area contributed by atoms with E-state index in [1.807, 2.05) is 0 Å². The summed E-state index contributed by atoms with van der Waals surface area (Å²) in [7, 11) is -2.04. The Kier molecular flexibility index (Phi) is 4.56. The fraction of sp³-hybridized carbons (Fsp3) is 0.333. The van der Waals surface area contributed by atoms with Crippen molar-refractivity contribution < 1.29 is 17.9 Å². The first kappa shape index (κ1) is 15.9. The van der Waals surface area contributed by atoms with E-state index >= 15 is 0 Å². The van der Waals surface area contributed by atoms with E-state index in [-0.39, 0.29) is 11.4 Å². The maximum absolute atomic E-state index is 12.8. The Balaban J connectivity index is 1.81. The van der Waals surface area contributed by atoms with E-state index in [9.17, 15) is 8.42 Å². The molecule has 0 aliphatic carbocycles. The van der Waals surface area contributed by atoms with Crippen LogP contribution < -0.4 is 4.74 Å². The molecule has 1 aromatic carbocycles. The lowest BCUT2D eigenvalue weighted by Crippen LogP contribution is -2.42. The highest BCUT2D eigenvalue weighted by atomic mass is 32.2. The molecule has 1 saturated heterocycles. The number of aromatic nitrogens is 2. The van der Waals surface area contributed by atoms with Crippen molar-refractivity contribution in [1.82, 2.24) is 14.3 Å². The average Bonchev–Trinajstić information content (AvgIpc) is 2.62. The Morgan fingerprint density at radius 3 is 2.70 bits per heavy atom. The minimum atomic E-state index is -3.58. The van der Waals surface area contributed by atoms with Gasteiger partial charge >= 0.3 is 0 Å². The highest BCUT2D eigenvalue weighted by Gasteiger charge is 2.32. The van der Waals surface area contributed by atoms with Gasteiger partial charge in [0, 0.05) is 25.5 Å². The van der Waals surface area contributed by atoms with Gasteiger partial charge in [-0.15, -0.1) is 0 Å². The smallest absolute Gasteiger partial charge is 0.243 e. The van der Waals surface area contributed by atoms with Gasteiger partial charge in [0.15, 0.2) is 0 Å². The normalized spacial score (nSPS) is 19.4. The number of rotatable bonds is 4. The van der Waals surface area contributed by atoms with Gasteiger partial charge in [-0.25, -0.2) is 8.42 Å². The molecule has 1 aromatic heterocycles. The van der Waals surface area contributed by atoms with Gasteiger partial charge in [0.2, 0.25) is 10.0 Å². The summed E-state index contributed by atoms with van der Waals surface area (Å²) >= 11 is 0. The van der Waals surface area contributed by atoms with Crippen molar-refractivity contribution in [3.63, 3.8) is 0 Å². The molecule has 7 nitrogen and oxygen atoms in total. The van der Waals surface area contributed by atoms with Crippen LogP contribution in [0.3, 0.4) is 0 Å². The third kappa shape index (κ3) is 3.34. The Bertz CT molecular complexity index is 750. The van der Waals surface area contributed by atoms with E-state index in [1.54, 1.807) is 42.9 Å². The highest BCUT2D eigenvalue weighted by Crippen LogP contribution is 2.26. The number of methoxy groups -OCH3 is 1. The molecule has 0 spiro atoms.